The molecule has 6 nitrogen and oxygen atoms in total. The average Bonchev–Trinajstić information content (AvgIpc) is 2.89. The molecule has 1 aromatic rings. The number of anilines is 1. The summed E-state index contributed by atoms with van der Waals surface area (Å²) in [7, 11) is 0. The number of aromatic nitrogens is 2. The Bertz CT molecular complexity index is 657. The molecule has 0 bridgehead atoms. The van der Waals surface area contributed by atoms with Gasteiger partial charge in [0.05, 0.1) is 0 Å². The largest absolute Gasteiger partial charge is 0.355 e. The Hall–Kier alpha value is -1.69. The molecule has 3 rings (SSSR count). The molecule has 1 atom stereocenters. The summed E-state index contributed by atoms with van der Waals surface area (Å²) in [6.45, 7) is 11.8. The van der Waals surface area contributed by atoms with Gasteiger partial charge in [-0.25, -0.2) is 9.97 Å². The van der Waals surface area contributed by atoms with Crippen LogP contribution in [0.15, 0.2) is 0 Å². The smallest absolute Gasteiger partial charge is 0.291 e. The fraction of sp³-hybridized carbons (Fsp3) is 0.737. The lowest BCUT2D eigenvalue weighted by molar-refractivity contribution is 0.0745. The normalized spacial score (nSPS) is 23.6. The van der Waals surface area contributed by atoms with Crippen LogP contribution in [0.25, 0.3) is 0 Å². The number of nitrogens with zero attached hydrogens (tertiary/aromatic N) is 4. The molecule has 3 heterocycles. The second kappa shape index (κ2) is 6.90. The van der Waals surface area contributed by atoms with Crippen molar-refractivity contribution in [1.29, 1.82) is 0 Å². The quantitative estimate of drug-likeness (QED) is 0.890. The summed E-state index contributed by atoms with van der Waals surface area (Å²) >= 11 is 0. The van der Waals surface area contributed by atoms with Crippen molar-refractivity contribution in [2.45, 2.75) is 59.4 Å². The second-order valence-corrected chi connectivity index (χ2v) is 8.39. The Morgan fingerprint density at radius 1 is 1.16 bits per heavy atom. The van der Waals surface area contributed by atoms with Crippen molar-refractivity contribution in [1.82, 2.24) is 14.9 Å². The third kappa shape index (κ3) is 3.94. The Morgan fingerprint density at radius 2 is 1.92 bits per heavy atom. The highest BCUT2D eigenvalue weighted by atomic mass is 16.2. The van der Waals surface area contributed by atoms with Gasteiger partial charge in [0.1, 0.15) is 5.82 Å². The van der Waals surface area contributed by atoms with Crippen LogP contribution >= 0.6 is 0 Å². The predicted octanol–water partition coefficient (Wildman–Crippen LogP) is 2.28. The van der Waals surface area contributed by atoms with Crippen LogP contribution in [0, 0.1) is 19.3 Å². The SMILES string of the molecule is Cc1nc(C(=O)N2CCCC(C)(C)CC2)nc(N2CC[C@@H](N)C2)c1C. The van der Waals surface area contributed by atoms with Crippen molar-refractivity contribution < 1.29 is 4.79 Å². The minimum absolute atomic E-state index is 0.0365. The number of aryl methyl sites for hydroxylation is 1. The van der Waals surface area contributed by atoms with Gasteiger partial charge in [0.15, 0.2) is 0 Å². The molecule has 2 aliphatic heterocycles. The summed E-state index contributed by atoms with van der Waals surface area (Å²) in [5.41, 5.74) is 8.27. The van der Waals surface area contributed by atoms with Crippen molar-refractivity contribution in [3.05, 3.63) is 17.1 Å². The molecule has 1 aromatic heterocycles. The van der Waals surface area contributed by atoms with Crippen LogP contribution in [0.1, 0.15) is 61.4 Å². The minimum Gasteiger partial charge on any atom is -0.355 e. The van der Waals surface area contributed by atoms with Gasteiger partial charge < -0.3 is 15.5 Å². The lowest BCUT2D eigenvalue weighted by Gasteiger charge is -2.24. The molecule has 0 saturated carbocycles. The van der Waals surface area contributed by atoms with Gasteiger partial charge in [-0.05, 0) is 44.9 Å². The molecule has 1 amide bonds. The van der Waals surface area contributed by atoms with E-state index < -0.39 is 0 Å². The van der Waals surface area contributed by atoms with Crippen molar-refractivity contribution in [2.75, 3.05) is 31.1 Å². The number of hydrogen-bond acceptors (Lipinski definition) is 5. The van der Waals surface area contributed by atoms with Gasteiger partial charge in [-0.1, -0.05) is 13.8 Å². The molecule has 0 aliphatic carbocycles. The molecular formula is C19H31N5O. The van der Waals surface area contributed by atoms with Crippen LogP contribution < -0.4 is 10.6 Å². The summed E-state index contributed by atoms with van der Waals surface area (Å²) in [4.78, 5) is 26.3. The monoisotopic (exact) mass is 345 g/mol. The average molecular weight is 345 g/mol. The van der Waals surface area contributed by atoms with Crippen LogP contribution in [-0.4, -0.2) is 53.0 Å². The predicted molar refractivity (Wildman–Crippen MR) is 99.8 cm³/mol. The van der Waals surface area contributed by atoms with E-state index in [1.54, 1.807) is 0 Å². The number of carbonyl (C=O) groups excluding carboxylic acids is 1. The molecular weight excluding hydrogens is 314 g/mol. The summed E-state index contributed by atoms with van der Waals surface area (Å²) in [6.07, 6.45) is 4.18. The van der Waals surface area contributed by atoms with E-state index in [4.69, 9.17) is 5.73 Å². The van der Waals surface area contributed by atoms with Gasteiger partial charge in [-0.15, -0.1) is 0 Å². The lowest BCUT2D eigenvalue weighted by Crippen LogP contribution is -2.35. The number of hydrogen-bond donors (Lipinski definition) is 1. The Kier molecular flexibility index (Phi) is 5.00. The maximum Gasteiger partial charge on any atom is 0.291 e. The molecule has 0 unspecified atom stereocenters. The van der Waals surface area contributed by atoms with E-state index in [9.17, 15) is 4.79 Å². The van der Waals surface area contributed by atoms with Crippen LogP contribution in [0.3, 0.4) is 0 Å². The summed E-state index contributed by atoms with van der Waals surface area (Å²) in [5, 5.41) is 0. The first-order valence-corrected chi connectivity index (χ1v) is 9.42. The lowest BCUT2D eigenvalue weighted by atomic mass is 9.85. The van der Waals surface area contributed by atoms with Gasteiger partial charge >= 0.3 is 0 Å². The number of amides is 1. The maximum absolute atomic E-state index is 13.0. The highest BCUT2D eigenvalue weighted by Gasteiger charge is 2.29. The van der Waals surface area contributed by atoms with E-state index in [-0.39, 0.29) is 11.9 Å². The van der Waals surface area contributed by atoms with Gasteiger partial charge in [-0.2, -0.15) is 0 Å². The number of nitrogens with two attached hydrogens (primary N) is 1. The molecule has 2 fully saturated rings. The van der Waals surface area contributed by atoms with Gasteiger partial charge in [0.2, 0.25) is 5.82 Å². The number of carbonyl (C=O) groups is 1. The summed E-state index contributed by atoms with van der Waals surface area (Å²) in [6, 6.07) is 0.182. The molecule has 0 spiro atoms. The molecule has 2 aliphatic rings. The van der Waals surface area contributed by atoms with Crippen molar-refractivity contribution in [3.8, 4) is 0 Å². The molecule has 6 heteroatoms. The van der Waals surface area contributed by atoms with Crippen molar-refractivity contribution >= 4 is 11.7 Å². The van der Waals surface area contributed by atoms with Gasteiger partial charge in [-0.3, -0.25) is 4.79 Å². The zero-order chi connectivity index (χ0) is 18.2. The summed E-state index contributed by atoms with van der Waals surface area (Å²) < 4.78 is 0. The molecule has 2 N–H and O–H groups in total. The van der Waals surface area contributed by atoms with Crippen LogP contribution in [0.5, 0.6) is 0 Å². The van der Waals surface area contributed by atoms with Gasteiger partial charge in [0, 0.05) is 43.5 Å². The standard InChI is InChI=1S/C19H31N5O/c1-13-14(2)21-16(22-17(13)24-10-6-15(20)12-24)18(25)23-9-5-7-19(3,4)8-11-23/h15H,5-12,20H2,1-4H3/t15-/m1/s1. The highest BCUT2D eigenvalue weighted by Crippen LogP contribution is 2.30. The molecule has 138 valence electrons. The van der Waals surface area contributed by atoms with E-state index in [0.29, 0.717) is 11.2 Å². The van der Waals surface area contributed by atoms with E-state index in [2.05, 4.69) is 28.7 Å². The first kappa shape index (κ1) is 18.1. The van der Waals surface area contributed by atoms with E-state index in [0.717, 1.165) is 68.9 Å². The fourth-order valence-electron chi connectivity index (χ4n) is 3.76. The Morgan fingerprint density at radius 3 is 2.60 bits per heavy atom. The third-order valence-electron chi connectivity index (χ3n) is 5.71. The van der Waals surface area contributed by atoms with Crippen molar-refractivity contribution in [3.63, 3.8) is 0 Å². The van der Waals surface area contributed by atoms with Crippen LogP contribution in [-0.2, 0) is 0 Å². The van der Waals surface area contributed by atoms with Gasteiger partial charge in [0.25, 0.3) is 5.91 Å². The zero-order valence-corrected chi connectivity index (χ0v) is 16.0. The fourth-order valence-corrected chi connectivity index (χ4v) is 3.76. The number of rotatable bonds is 2. The Labute approximate surface area is 150 Å². The minimum atomic E-state index is -0.0365. The van der Waals surface area contributed by atoms with E-state index in [1.165, 1.54) is 0 Å². The first-order chi connectivity index (χ1) is 11.8. The topological polar surface area (TPSA) is 75.4 Å². The first-order valence-electron chi connectivity index (χ1n) is 9.42. The zero-order valence-electron chi connectivity index (χ0n) is 16.0. The van der Waals surface area contributed by atoms with E-state index in [1.807, 2.05) is 18.7 Å². The van der Waals surface area contributed by atoms with Crippen molar-refractivity contribution in [2.24, 2.45) is 11.1 Å². The van der Waals surface area contributed by atoms with E-state index >= 15 is 0 Å². The maximum atomic E-state index is 13.0. The third-order valence-corrected chi connectivity index (χ3v) is 5.71. The molecule has 2 saturated heterocycles. The van der Waals surface area contributed by atoms with Crippen LogP contribution in [0.2, 0.25) is 0 Å². The Balaban J connectivity index is 1.84. The molecule has 0 aromatic carbocycles. The second-order valence-electron chi connectivity index (χ2n) is 8.39. The molecule has 25 heavy (non-hydrogen) atoms. The number of likely N-dealkylation sites (tertiary alicyclic amines) is 1. The molecule has 0 radical (unpaired) electrons. The van der Waals surface area contributed by atoms with Crippen LogP contribution in [0.4, 0.5) is 5.82 Å². The summed E-state index contributed by atoms with van der Waals surface area (Å²) in [5.74, 6) is 1.17. The highest BCUT2D eigenvalue weighted by molar-refractivity contribution is 5.91.